The highest BCUT2D eigenvalue weighted by Gasteiger charge is 2.23. The number of hydrogen-bond acceptors (Lipinski definition) is 5. The van der Waals surface area contributed by atoms with Gasteiger partial charge in [-0.2, -0.15) is 0 Å². The van der Waals surface area contributed by atoms with E-state index in [0.29, 0.717) is 5.89 Å². The van der Waals surface area contributed by atoms with Crippen LogP contribution in [-0.4, -0.2) is 22.0 Å². The van der Waals surface area contributed by atoms with Crippen molar-refractivity contribution in [1.82, 2.24) is 10.5 Å². The van der Waals surface area contributed by atoms with E-state index in [9.17, 15) is 9.59 Å². The van der Waals surface area contributed by atoms with Crippen LogP contribution in [0.4, 0.5) is 0 Å². The Labute approximate surface area is 176 Å². The molecule has 1 heterocycles. The Bertz CT molecular complexity index is 799. The molecule has 0 spiro atoms. The van der Waals surface area contributed by atoms with Crippen molar-refractivity contribution in [1.29, 1.82) is 0 Å². The lowest BCUT2D eigenvalue weighted by Crippen LogP contribution is -2.25. The quantitative estimate of drug-likeness (QED) is 0.510. The molecule has 0 saturated heterocycles. The Morgan fingerprint density at radius 1 is 1.20 bits per heavy atom. The third-order valence-corrected chi connectivity index (χ3v) is 5.68. The van der Waals surface area contributed by atoms with Gasteiger partial charge in [0, 0.05) is 12.3 Å². The van der Waals surface area contributed by atoms with E-state index in [4.69, 9.17) is 14.4 Å². The third kappa shape index (κ3) is 6.99. The van der Waals surface area contributed by atoms with Crippen molar-refractivity contribution in [2.24, 2.45) is 5.92 Å². The molecular weight excluding hydrogens is 384 g/mol. The predicted molar refractivity (Wildman–Crippen MR) is 111 cm³/mol. The molecular formula is C23H30N2O5. The molecule has 0 radical (unpaired) electrons. The van der Waals surface area contributed by atoms with Crippen LogP contribution >= 0.6 is 0 Å². The highest BCUT2D eigenvalue weighted by atomic mass is 16.6. The van der Waals surface area contributed by atoms with E-state index >= 15 is 0 Å². The van der Waals surface area contributed by atoms with Gasteiger partial charge < -0.3 is 9.52 Å². The van der Waals surface area contributed by atoms with Crippen LogP contribution in [0.25, 0.3) is 0 Å². The van der Waals surface area contributed by atoms with Gasteiger partial charge in [0.15, 0.2) is 11.6 Å². The summed E-state index contributed by atoms with van der Waals surface area (Å²) in [6, 6.07) is 9.57. The maximum atomic E-state index is 12.4. The van der Waals surface area contributed by atoms with E-state index in [2.05, 4.69) is 10.5 Å². The number of carboxylic acid groups (broad SMARTS) is 1. The number of aromatic carboxylic acids is 1. The summed E-state index contributed by atoms with van der Waals surface area (Å²) in [6.45, 7) is 0.279. The molecule has 1 aromatic carbocycles. The molecule has 1 aliphatic rings. The van der Waals surface area contributed by atoms with Crippen LogP contribution in [0.2, 0.25) is 0 Å². The molecule has 1 aromatic heterocycles. The normalized spacial score (nSPS) is 15.6. The van der Waals surface area contributed by atoms with E-state index < -0.39 is 5.97 Å². The predicted octanol–water partition coefficient (Wildman–Crippen LogP) is 4.85. The highest BCUT2D eigenvalue weighted by Crippen LogP contribution is 2.31. The molecule has 1 fully saturated rings. The number of carbonyl (C=O) groups excluding carboxylic acids is 1. The second kappa shape index (κ2) is 11.5. The number of benzene rings is 1. The minimum Gasteiger partial charge on any atom is -0.476 e. The Hall–Kier alpha value is -2.67. The molecule has 1 saturated carbocycles. The molecule has 1 unspecified atom stereocenters. The number of carboxylic acids is 1. The summed E-state index contributed by atoms with van der Waals surface area (Å²) < 4.78 is 5.39. The zero-order chi connectivity index (χ0) is 21.2. The summed E-state index contributed by atoms with van der Waals surface area (Å²) >= 11 is 0. The lowest BCUT2D eigenvalue weighted by molar-refractivity contribution is -0.135. The number of amides is 1. The molecule has 0 aliphatic heterocycles. The van der Waals surface area contributed by atoms with Crippen LogP contribution in [0.15, 0.2) is 41.0 Å². The van der Waals surface area contributed by atoms with Gasteiger partial charge >= 0.3 is 5.97 Å². The summed E-state index contributed by atoms with van der Waals surface area (Å²) in [7, 11) is 0. The zero-order valence-corrected chi connectivity index (χ0v) is 17.2. The van der Waals surface area contributed by atoms with Crippen LogP contribution in [0.3, 0.4) is 0 Å². The monoisotopic (exact) mass is 414 g/mol. The van der Waals surface area contributed by atoms with Gasteiger partial charge in [0.2, 0.25) is 5.91 Å². The molecule has 3 rings (SSSR count). The van der Waals surface area contributed by atoms with E-state index in [1.54, 1.807) is 0 Å². The average Bonchev–Trinajstić information content (AvgIpc) is 3.25. The van der Waals surface area contributed by atoms with E-state index in [-0.39, 0.29) is 30.5 Å². The summed E-state index contributed by atoms with van der Waals surface area (Å²) in [4.78, 5) is 32.9. The molecule has 1 amide bonds. The van der Waals surface area contributed by atoms with Crippen molar-refractivity contribution < 1.29 is 24.0 Å². The maximum absolute atomic E-state index is 12.4. The third-order valence-electron chi connectivity index (χ3n) is 5.68. The first-order chi connectivity index (χ1) is 14.6. The molecule has 1 atom stereocenters. The van der Waals surface area contributed by atoms with Gasteiger partial charge in [-0.05, 0) is 17.9 Å². The fourth-order valence-corrected chi connectivity index (χ4v) is 4.05. The second-order valence-electron chi connectivity index (χ2n) is 8.01. The molecule has 0 bridgehead atoms. The van der Waals surface area contributed by atoms with Crippen molar-refractivity contribution >= 4 is 11.9 Å². The molecule has 7 nitrogen and oxygen atoms in total. The smallest absolute Gasteiger partial charge is 0.357 e. The first-order valence-electron chi connectivity index (χ1n) is 10.7. The maximum Gasteiger partial charge on any atom is 0.357 e. The van der Waals surface area contributed by atoms with Gasteiger partial charge in [-0.1, -0.05) is 75.3 Å². The highest BCUT2D eigenvalue weighted by molar-refractivity contribution is 5.84. The van der Waals surface area contributed by atoms with Gasteiger partial charge in [-0.25, -0.2) is 15.3 Å². The summed E-state index contributed by atoms with van der Waals surface area (Å²) in [5.41, 5.74) is 3.30. The van der Waals surface area contributed by atoms with E-state index in [1.165, 1.54) is 32.1 Å². The van der Waals surface area contributed by atoms with Crippen molar-refractivity contribution in [3.05, 3.63) is 53.7 Å². The van der Waals surface area contributed by atoms with Crippen molar-refractivity contribution in [3.63, 3.8) is 0 Å². The van der Waals surface area contributed by atoms with Crippen LogP contribution in [0.5, 0.6) is 0 Å². The lowest BCUT2D eigenvalue weighted by Gasteiger charge is -2.22. The molecule has 30 heavy (non-hydrogen) atoms. The van der Waals surface area contributed by atoms with Crippen molar-refractivity contribution in [3.8, 4) is 0 Å². The average molecular weight is 415 g/mol. The fourth-order valence-electron chi connectivity index (χ4n) is 4.05. The summed E-state index contributed by atoms with van der Waals surface area (Å²) in [5.74, 6) is -0.636. The van der Waals surface area contributed by atoms with Gasteiger partial charge in [0.05, 0.1) is 6.61 Å². The Kier molecular flexibility index (Phi) is 8.44. The van der Waals surface area contributed by atoms with Gasteiger partial charge in [-0.3, -0.25) is 9.63 Å². The summed E-state index contributed by atoms with van der Waals surface area (Å²) in [5, 5.41) is 9.11. The Morgan fingerprint density at radius 3 is 2.67 bits per heavy atom. The van der Waals surface area contributed by atoms with Crippen LogP contribution in [0, 0.1) is 5.92 Å². The molecule has 2 N–H and O–H groups in total. The first-order valence-corrected chi connectivity index (χ1v) is 10.7. The number of nitrogens with zero attached hydrogens (tertiary/aromatic N) is 1. The molecule has 1 aliphatic carbocycles. The fraction of sp³-hybridized carbons (Fsp3) is 0.522. The standard InChI is InChI=1S/C23H30N2O5/c26-21(25-30-15-18-10-5-2-6-11-18)14-19(22-24-20(16-29-22)23(27)28)13-7-12-17-8-3-1-4-9-17/h2,5-6,10-11,16-17,19H,1,3-4,7-9,12-15H2,(H,25,26)(H,27,28). The van der Waals surface area contributed by atoms with Crippen molar-refractivity contribution in [2.75, 3.05) is 0 Å². The van der Waals surface area contributed by atoms with Gasteiger partial charge in [0.25, 0.3) is 0 Å². The first kappa shape index (κ1) is 22.0. The minimum absolute atomic E-state index is 0.136. The van der Waals surface area contributed by atoms with E-state index in [0.717, 1.165) is 37.0 Å². The van der Waals surface area contributed by atoms with Crippen LogP contribution in [0.1, 0.15) is 85.6 Å². The van der Waals surface area contributed by atoms with E-state index in [1.807, 2.05) is 30.3 Å². The number of nitrogens with one attached hydrogen (secondary N) is 1. The van der Waals surface area contributed by atoms with Crippen molar-refractivity contribution in [2.45, 2.75) is 70.3 Å². The number of rotatable bonds is 11. The minimum atomic E-state index is -1.14. The summed E-state index contributed by atoms with van der Waals surface area (Å²) in [6.07, 6.45) is 10.6. The molecule has 162 valence electrons. The Balaban J connectivity index is 1.52. The van der Waals surface area contributed by atoms with Crippen LogP contribution in [-0.2, 0) is 16.2 Å². The number of aromatic nitrogens is 1. The topological polar surface area (TPSA) is 102 Å². The van der Waals surface area contributed by atoms with Gasteiger partial charge in [0.1, 0.15) is 6.26 Å². The zero-order valence-electron chi connectivity index (χ0n) is 17.2. The Morgan fingerprint density at radius 2 is 1.97 bits per heavy atom. The molecule has 2 aromatic rings. The number of oxazole rings is 1. The number of hydroxylamine groups is 1. The number of hydrogen-bond donors (Lipinski definition) is 2. The molecule has 7 heteroatoms. The largest absolute Gasteiger partial charge is 0.476 e. The SMILES string of the molecule is O=C(CC(CCCC1CCCCC1)c1nc(C(=O)O)co1)NOCc1ccccc1. The van der Waals surface area contributed by atoms with Gasteiger partial charge in [-0.15, -0.1) is 0 Å². The second-order valence-corrected chi connectivity index (χ2v) is 8.01. The van der Waals surface area contributed by atoms with Crippen LogP contribution < -0.4 is 5.48 Å². The number of carbonyl (C=O) groups is 2. The lowest BCUT2D eigenvalue weighted by atomic mass is 9.84.